The number of hydrogen-bond donors (Lipinski definition) is 3. The molecule has 5 nitrogen and oxygen atoms in total. The molecule has 0 heterocycles. The zero-order valence-electron chi connectivity index (χ0n) is 13.6. The topological polar surface area (TPSA) is 70.2 Å². The first-order chi connectivity index (χ1) is 9.64. The minimum Gasteiger partial charge on any atom is -0.388 e. The van der Waals surface area contributed by atoms with Gasteiger partial charge in [0.1, 0.15) is 6.04 Å². The molecule has 0 radical (unpaired) electrons. The van der Waals surface area contributed by atoms with E-state index >= 15 is 0 Å². The minimum absolute atomic E-state index is 0.195. The lowest BCUT2D eigenvalue weighted by molar-refractivity contribution is -0.124. The summed E-state index contributed by atoms with van der Waals surface area (Å²) in [4.78, 5) is 24.1. The molecule has 0 aromatic heterocycles. The summed E-state index contributed by atoms with van der Waals surface area (Å²) in [7, 11) is 1.83. The lowest BCUT2D eigenvalue weighted by atomic mass is 10.1. The largest absolute Gasteiger partial charge is 0.388 e. The third-order valence-corrected chi connectivity index (χ3v) is 3.00. The fourth-order valence-electron chi connectivity index (χ4n) is 1.91. The van der Waals surface area contributed by atoms with Gasteiger partial charge in [0.25, 0.3) is 5.91 Å². The summed E-state index contributed by atoms with van der Waals surface area (Å²) in [6, 6.07) is 4.81. The Balaban J connectivity index is 2.72. The van der Waals surface area contributed by atoms with Gasteiger partial charge in [-0.2, -0.15) is 0 Å². The Morgan fingerprint density at radius 1 is 1.19 bits per heavy atom. The van der Waals surface area contributed by atoms with Gasteiger partial charge in [-0.05, 0) is 58.4 Å². The van der Waals surface area contributed by atoms with E-state index in [-0.39, 0.29) is 17.4 Å². The summed E-state index contributed by atoms with van der Waals surface area (Å²) in [6.07, 6.45) is 0. The molecule has 1 rings (SSSR count). The molecule has 0 fully saturated rings. The minimum atomic E-state index is -0.582. The second kappa shape index (κ2) is 6.61. The van der Waals surface area contributed by atoms with Crippen LogP contribution in [-0.4, -0.2) is 30.4 Å². The Morgan fingerprint density at radius 2 is 1.81 bits per heavy atom. The first-order valence-corrected chi connectivity index (χ1v) is 7.05. The van der Waals surface area contributed by atoms with Gasteiger partial charge in [0.15, 0.2) is 0 Å². The van der Waals surface area contributed by atoms with Crippen molar-refractivity contribution in [3.8, 4) is 0 Å². The number of anilines is 1. The Kier molecular flexibility index (Phi) is 5.35. The fraction of sp³-hybridized carbons (Fsp3) is 0.500. The Hall–Kier alpha value is -2.04. The van der Waals surface area contributed by atoms with Crippen molar-refractivity contribution < 1.29 is 9.59 Å². The van der Waals surface area contributed by atoms with Gasteiger partial charge in [0.2, 0.25) is 5.91 Å². The predicted octanol–water partition coefficient (Wildman–Crippen LogP) is 2.07. The molecule has 2 amide bonds. The Labute approximate surface area is 126 Å². The number of rotatable bonds is 4. The van der Waals surface area contributed by atoms with E-state index in [0.29, 0.717) is 5.56 Å². The molecule has 1 aromatic rings. The summed E-state index contributed by atoms with van der Waals surface area (Å²) in [6.45, 7) is 9.31. The van der Waals surface area contributed by atoms with E-state index in [9.17, 15) is 9.59 Å². The molecule has 5 heteroatoms. The van der Waals surface area contributed by atoms with Crippen molar-refractivity contribution in [2.75, 3.05) is 12.4 Å². The van der Waals surface area contributed by atoms with Crippen LogP contribution in [0.25, 0.3) is 0 Å². The third-order valence-electron chi connectivity index (χ3n) is 3.00. The lowest BCUT2D eigenvalue weighted by Gasteiger charge is -2.23. The summed E-state index contributed by atoms with van der Waals surface area (Å²) in [5.41, 5.74) is 2.19. The average molecular weight is 291 g/mol. The molecule has 1 aromatic carbocycles. The van der Waals surface area contributed by atoms with Crippen LogP contribution in [-0.2, 0) is 4.79 Å². The van der Waals surface area contributed by atoms with Crippen LogP contribution >= 0.6 is 0 Å². The third kappa shape index (κ3) is 5.10. The van der Waals surface area contributed by atoms with E-state index < -0.39 is 6.04 Å². The number of aryl methyl sites for hydroxylation is 1. The van der Waals surface area contributed by atoms with Crippen LogP contribution in [0, 0.1) is 6.92 Å². The molecule has 1 atom stereocenters. The van der Waals surface area contributed by atoms with Gasteiger partial charge in [-0.3, -0.25) is 9.59 Å². The maximum Gasteiger partial charge on any atom is 0.251 e. The monoisotopic (exact) mass is 291 g/mol. The molecule has 21 heavy (non-hydrogen) atoms. The van der Waals surface area contributed by atoms with Crippen LogP contribution < -0.4 is 16.0 Å². The number of benzene rings is 1. The van der Waals surface area contributed by atoms with Gasteiger partial charge in [-0.1, -0.05) is 0 Å². The van der Waals surface area contributed by atoms with Crippen LogP contribution in [0.5, 0.6) is 0 Å². The zero-order valence-corrected chi connectivity index (χ0v) is 13.6. The van der Waals surface area contributed by atoms with Gasteiger partial charge >= 0.3 is 0 Å². The molecule has 116 valence electrons. The SMILES string of the molecule is CNc1ccc(C(=O)NC(C)C(=O)NC(C)(C)C)cc1C. The molecule has 1 unspecified atom stereocenters. The van der Waals surface area contributed by atoms with Crippen molar-refractivity contribution in [1.82, 2.24) is 10.6 Å². The number of nitrogens with one attached hydrogen (secondary N) is 3. The van der Waals surface area contributed by atoms with Crippen LogP contribution in [0.1, 0.15) is 43.6 Å². The summed E-state index contributed by atoms with van der Waals surface area (Å²) < 4.78 is 0. The maximum atomic E-state index is 12.2. The van der Waals surface area contributed by atoms with E-state index in [1.165, 1.54) is 0 Å². The zero-order chi connectivity index (χ0) is 16.2. The highest BCUT2D eigenvalue weighted by molar-refractivity contribution is 5.98. The van der Waals surface area contributed by atoms with Crippen molar-refractivity contribution in [3.05, 3.63) is 29.3 Å². The molecule has 3 N–H and O–H groups in total. The highest BCUT2D eigenvalue weighted by Crippen LogP contribution is 2.15. The van der Waals surface area contributed by atoms with Crippen molar-refractivity contribution in [1.29, 1.82) is 0 Å². The Bertz CT molecular complexity index is 533. The summed E-state index contributed by atoms with van der Waals surface area (Å²) in [5.74, 6) is -0.447. The van der Waals surface area contributed by atoms with Crippen molar-refractivity contribution in [3.63, 3.8) is 0 Å². The predicted molar refractivity (Wildman–Crippen MR) is 85.5 cm³/mol. The summed E-state index contributed by atoms with van der Waals surface area (Å²) >= 11 is 0. The van der Waals surface area contributed by atoms with Gasteiger partial charge in [0, 0.05) is 23.8 Å². The number of carbonyl (C=O) groups excluding carboxylic acids is 2. The normalized spacial score (nSPS) is 12.5. The molecular weight excluding hydrogens is 266 g/mol. The molecule has 0 bridgehead atoms. The van der Waals surface area contributed by atoms with E-state index in [0.717, 1.165) is 11.3 Å². The number of carbonyl (C=O) groups is 2. The number of hydrogen-bond acceptors (Lipinski definition) is 3. The lowest BCUT2D eigenvalue weighted by Crippen LogP contribution is -2.50. The highest BCUT2D eigenvalue weighted by Gasteiger charge is 2.21. The van der Waals surface area contributed by atoms with E-state index in [1.54, 1.807) is 19.1 Å². The second-order valence-electron chi connectivity index (χ2n) is 6.21. The first-order valence-electron chi connectivity index (χ1n) is 7.05. The summed E-state index contributed by atoms with van der Waals surface area (Å²) in [5, 5.41) is 8.60. The van der Waals surface area contributed by atoms with Gasteiger partial charge in [0.05, 0.1) is 0 Å². The van der Waals surface area contributed by atoms with Crippen molar-refractivity contribution in [2.45, 2.75) is 46.2 Å². The van der Waals surface area contributed by atoms with Crippen molar-refractivity contribution in [2.24, 2.45) is 0 Å². The van der Waals surface area contributed by atoms with Crippen LogP contribution in [0.15, 0.2) is 18.2 Å². The van der Waals surface area contributed by atoms with Crippen molar-refractivity contribution >= 4 is 17.5 Å². The number of amides is 2. The first kappa shape index (κ1) is 17.0. The van der Waals surface area contributed by atoms with Gasteiger partial charge < -0.3 is 16.0 Å². The second-order valence-corrected chi connectivity index (χ2v) is 6.21. The average Bonchev–Trinajstić information content (AvgIpc) is 2.36. The van der Waals surface area contributed by atoms with Crippen LogP contribution in [0.3, 0.4) is 0 Å². The van der Waals surface area contributed by atoms with E-state index in [1.807, 2.05) is 40.8 Å². The molecule has 0 saturated heterocycles. The smallest absolute Gasteiger partial charge is 0.251 e. The maximum absolute atomic E-state index is 12.2. The van der Waals surface area contributed by atoms with Gasteiger partial charge in [-0.15, -0.1) is 0 Å². The van der Waals surface area contributed by atoms with Gasteiger partial charge in [-0.25, -0.2) is 0 Å². The molecule has 0 aliphatic carbocycles. The highest BCUT2D eigenvalue weighted by atomic mass is 16.2. The fourth-order valence-corrected chi connectivity index (χ4v) is 1.91. The molecule has 0 aliphatic heterocycles. The van der Waals surface area contributed by atoms with E-state index in [4.69, 9.17) is 0 Å². The molecular formula is C16H25N3O2. The molecule has 0 saturated carbocycles. The Morgan fingerprint density at radius 3 is 2.29 bits per heavy atom. The van der Waals surface area contributed by atoms with Crippen LogP contribution in [0.2, 0.25) is 0 Å². The molecule has 0 aliphatic rings. The van der Waals surface area contributed by atoms with Crippen LogP contribution in [0.4, 0.5) is 5.69 Å². The van der Waals surface area contributed by atoms with E-state index in [2.05, 4.69) is 16.0 Å². The standard InChI is InChI=1S/C16H25N3O2/c1-10-9-12(7-8-13(10)17-6)15(21)18-11(2)14(20)19-16(3,4)5/h7-9,11,17H,1-6H3,(H,18,21)(H,19,20). The molecule has 0 spiro atoms. The quantitative estimate of drug-likeness (QED) is 0.795.